The van der Waals surface area contributed by atoms with Crippen molar-refractivity contribution in [2.45, 2.75) is 39.7 Å². The lowest BCUT2D eigenvalue weighted by Gasteiger charge is -2.09. The van der Waals surface area contributed by atoms with Gasteiger partial charge in [-0.3, -0.25) is 4.68 Å². The van der Waals surface area contributed by atoms with Crippen molar-refractivity contribution in [3.63, 3.8) is 0 Å². The SMILES string of the molecule is Cc1cc(Nc2cnn(C(C)C3CC3)c2)nc(C)n1. The van der Waals surface area contributed by atoms with Crippen LogP contribution >= 0.6 is 0 Å². The van der Waals surface area contributed by atoms with Crippen LogP contribution in [-0.2, 0) is 0 Å². The van der Waals surface area contributed by atoms with Gasteiger partial charge in [0, 0.05) is 18.0 Å². The Hall–Kier alpha value is -1.91. The highest BCUT2D eigenvalue weighted by molar-refractivity contribution is 5.54. The zero-order valence-corrected chi connectivity index (χ0v) is 11.6. The highest BCUT2D eigenvalue weighted by atomic mass is 15.3. The third-order valence-electron chi connectivity index (χ3n) is 3.56. The number of nitrogens with zero attached hydrogens (tertiary/aromatic N) is 4. The van der Waals surface area contributed by atoms with Crippen LogP contribution in [0.15, 0.2) is 18.5 Å². The minimum Gasteiger partial charge on any atom is -0.338 e. The van der Waals surface area contributed by atoms with E-state index in [0.29, 0.717) is 6.04 Å². The monoisotopic (exact) mass is 257 g/mol. The normalized spacial score (nSPS) is 16.4. The zero-order valence-electron chi connectivity index (χ0n) is 11.6. The molecule has 0 saturated heterocycles. The lowest BCUT2D eigenvalue weighted by atomic mass is 10.2. The fraction of sp³-hybridized carbons (Fsp3) is 0.500. The highest BCUT2D eigenvalue weighted by Gasteiger charge is 2.29. The maximum atomic E-state index is 4.43. The standard InChI is InChI=1S/C14H19N5/c1-9-6-14(17-11(3)16-9)18-13-7-15-19(8-13)10(2)12-4-5-12/h6-8,10,12H,4-5H2,1-3H3,(H,16,17,18). The number of nitrogens with one attached hydrogen (secondary N) is 1. The molecule has 5 nitrogen and oxygen atoms in total. The molecule has 1 aliphatic rings. The molecule has 1 unspecified atom stereocenters. The quantitative estimate of drug-likeness (QED) is 0.914. The molecule has 0 aromatic carbocycles. The van der Waals surface area contributed by atoms with Gasteiger partial charge in [0.1, 0.15) is 11.6 Å². The first-order valence-electron chi connectivity index (χ1n) is 6.75. The van der Waals surface area contributed by atoms with Crippen LogP contribution < -0.4 is 5.32 Å². The summed E-state index contributed by atoms with van der Waals surface area (Å²) in [5.41, 5.74) is 1.94. The molecule has 2 aromatic rings. The molecule has 0 spiro atoms. The van der Waals surface area contributed by atoms with E-state index in [1.54, 1.807) is 0 Å². The van der Waals surface area contributed by atoms with Crippen LogP contribution in [-0.4, -0.2) is 19.7 Å². The molecule has 0 aliphatic heterocycles. The molecule has 2 aromatic heterocycles. The Morgan fingerprint density at radius 2 is 2.11 bits per heavy atom. The van der Waals surface area contributed by atoms with Gasteiger partial charge in [-0.15, -0.1) is 0 Å². The minimum atomic E-state index is 0.490. The van der Waals surface area contributed by atoms with E-state index in [4.69, 9.17) is 0 Å². The van der Waals surface area contributed by atoms with Crippen LogP contribution in [0.4, 0.5) is 11.5 Å². The molecular formula is C14H19N5. The molecule has 1 aliphatic carbocycles. The second-order valence-corrected chi connectivity index (χ2v) is 5.35. The molecule has 1 N–H and O–H groups in total. The maximum absolute atomic E-state index is 4.43. The summed E-state index contributed by atoms with van der Waals surface area (Å²) in [6.07, 6.45) is 6.56. The van der Waals surface area contributed by atoms with E-state index < -0.39 is 0 Å². The first-order valence-corrected chi connectivity index (χ1v) is 6.75. The Kier molecular flexibility index (Phi) is 2.97. The van der Waals surface area contributed by atoms with Crippen molar-refractivity contribution in [3.05, 3.63) is 30.0 Å². The Labute approximate surface area is 113 Å². The van der Waals surface area contributed by atoms with Gasteiger partial charge in [-0.05, 0) is 39.5 Å². The molecule has 1 fully saturated rings. The summed E-state index contributed by atoms with van der Waals surface area (Å²) in [5, 5.41) is 7.71. The molecule has 100 valence electrons. The zero-order chi connectivity index (χ0) is 13.4. The largest absolute Gasteiger partial charge is 0.338 e. The first-order chi connectivity index (χ1) is 9.11. The van der Waals surface area contributed by atoms with E-state index in [1.165, 1.54) is 12.8 Å². The van der Waals surface area contributed by atoms with Gasteiger partial charge in [-0.25, -0.2) is 9.97 Å². The van der Waals surface area contributed by atoms with Crippen LogP contribution in [0.2, 0.25) is 0 Å². The Balaban J connectivity index is 1.75. The lowest BCUT2D eigenvalue weighted by Crippen LogP contribution is -2.07. The average Bonchev–Trinajstić information content (AvgIpc) is 3.08. The predicted molar refractivity (Wildman–Crippen MR) is 74.5 cm³/mol. The second kappa shape index (κ2) is 4.64. The highest BCUT2D eigenvalue weighted by Crippen LogP contribution is 2.39. The summed E-state index contributed by atoms with van der Waals surface area (Å²) < 4.78 is 2.04. The smallest absolute Gasteiger partial charge is 0.134 e. The molecule has 3 rings (SSSR count). The Bertz CT molecular complexity index is 565. The maximum Gasteiger partial charge on any atom is 0.134 e. The average molecular weight is 257 g/mol. The van der Waals surface area contributed by atoms with Gasteiger partial charge < -0.3 is 5.32 Å². The van der Waals surface area contributed by atoms with E-state index in [-0.39, 0.29) is 0 Å². The number of aromatic nitrogens is 4. The summed E-state index contributed by atoms with van der Waals surface area (Å²) in [7, 11) is 0. The third kappa shape index (κ3) is 2.75. The summed E-state index contributed by atoms with van der Waals surface area (Å²) in [6.45, 7) is 6.10. The second-order valence-electron chi connectivity index (χ2n) is 5.35. The summed E-state index contributed by atoms with van der Waals surface area (Å²) in [5.74, 6) is 2.40. The minimum absolute atomic E-state index is 0.490. The summed E-state index contributed by atoms with van der Waals surface area (Å²) in [6, 6.07) is 2.43. The number of aryl methyl sites for hydroxylation is 2. The van der Waals surface area contributed by atoms with E-state index in [1.807, 2.05) is 30.8 Å². The Morgan fingerprint density at radius 1 is 1.32 bits per heavy atom. The molecule has 5 heteroatoms. The first kappa shape index (κ1) is 12.1. The van der Waals surface area contributed by atoms with Gasteiger partial charge in [0.2, 0.25) is 0 Å². The van der Waals surface area contributed by atoms with Gasteiger partial charge in [0.15, 0.2) is 0 Å². The van der Waals surface area contributed by atoms with Crippen molar-refractivity contribution in [3.8, 4) is 0 Å². The molecular weight excluding hydrogens is 238 g/mol. The van der Waals surface area contributed by atoms with Crippen molar-refractivity contribution >= 4 is 11.5 Å². The third-order valence-corrected chi connectivity index (χ3v) is 3.56. The van der Waals surface area contributed by atoms with E-state index >= 15 is 0 Å². The van der Waals surface area contributed by atoms with Gasteiger partial charge in [0.05, 0.1) is 17.9 Å². The van der Waals surface area contributed by atoms with Crippen LogP contribution in [0.3, 0.4) is 0 Å². The van der Waals surface area contributed by atoms with E-state index in [2.05, 4.69) is 33.5 Å². The topological polar surface area (TPSA) is 55.6 Å². The predicted octanol–water partition coefficient (Wildman–Crippen LogP) is 3.00. The van der Waals surface area contributed by atoms with Crippen LogP contribution in [0, 0.1) is 19.8 Å². The van der Waals surface area contributed by atoms with Crippen molar-refractivity contribution in [2.24, 2.45) is 5.92 Å². The molecule has 1 atom stereocenters. The van der Waals surface area contributed by atoms with Crippen LogP contribution in [0.5, 0.6) is 0 Å². The molecule has 19 heavy (non-hydrogen) atoms. The fourth-order valence-corrected chi connectivity index (χ4v) is 2.35. The van der Waals surface area contributed by atoms with Gasteiger partial charge in [0.25, 0.3) is 0 Å². The van der Waals surface area contributed by atoms with Gasteiger partial charge in [-0.2, -0.15) is 5.10 Å². The van der Waals surface area contributed by atoms with E-state index in [0.717, 1.165) is 28.9 Å². The van der Waals surface area contributed by atoms with E-state index in [9.17, 15) is 0 Å². The molecule has 0 amide bonds. The number of anilines is 2. The summed E-state index contributed by atoms with van der Waals surface area (Å²) in [4.78, 5) is 8.64. The number of rotatable bonds is 4. The molecule has 2 heterocycles. The Morgan fingerprint density at radius 3 is 2.79 bits per heavy atom. The number of hydrogen-bond acceptors (Lipinski definition) is 4. The molecule has 0 bridgehead atoms. The summed E-state index contributed by atoms with van der Waals surface area (Å²) >= 11 is 0. The van der Waals surface area contributed by atoms with Crippen molar-refractivity contribution in [2.75, 3.05) is 5.32 Å². The molecule has 0 radical (unpaired) electrons. The van der Waals surface area contributed by atoms with Crippen LogP contribution in [0.25, 0.3) is 0 Å². The van der Waals surface area contributed by atoms with Crippen molar-refractivity contribution in [1.82, 2.24) is 19.7 Å². The lowest BCUT2D eigenvalue weighted by molar-refractivity contribution is 0.440. The molecule has 1 saturated carbocycles. The van der Waals surface area contributed by atoms with Gasteiger partial charge in [-0.1, -0.05) is 0 Å². The van der Waals surface area contributed by atoms with Gasteiger partial charge >= 0.3 is 0 Å². The van der Waals surface area contributed by atoms with Crippen molar-refractivity contribution < 1.29 is 0 Å². The fourth-order valence-electron chi connectivity index (χ4n) is 2.35. The van der Waals surface area contributed by atoms with Crippen molar-refractivity contribution in [1.29, 1.82) is 0 Å². The van der Waals surface area contributed by atoms with Crippen LogP contribution in [0.1, 0.15) is 37.3 Å². The number of hydrogen-bond donors (Lipinski definition) is 1.